The Morgan fingerprint density at radius 3 is 2.28 bits per heavy atom. The summed E-state index contributed by atoms with van der Waals surface area (Å²) in [6.07, 6.45) is 1.35. The van der Waals surface area contributed by atoms with Crippen molar-refractivity contribution in [1.29, 1.82) is 0 Å². The van der Waals surface area contributed by atoms with Gasteiger partial charge in [-0.05, 0) is 50.1 Å². The van der Waals surface area contributed by atoms with Crippen molar-refractivity contribution in [2.45, 2.75) is 32.9 Å². The van der Waals surface area contributed by atoms with Gasteiger partial charge in [0.1, 0.15) is 23.5 Å². The maximum atomic E-state index is 13.1. The number of benzene rings is 1. The molecule has 0 aliphatic carbocycles. The molecule has 0 aliphatic heterocycles. The Morgan fingerprint density at radius 1 is 1.16 bits per heavy atom. The van der Waals surface area contributed by atoms with E-state index in [0.29, 0.717) is 11.1 Å². The summed E-state index contributed by atoms with van der Waals surface area (Å²) in [5.41, 5.74) is -1.14. The minimum atomic E-state index is -1.41. The zero-order chi connectivity index (χ0) is 18.8. The first kappa shape index (κ1) is 18.4. The van der Waals surface area contributed by atoms with Crippen LogP contribution in [-0.4, -0.2) is 27.2 Å². The second-order valence-electron chi connectivity index (χ2n) is 6.47. The number of esters is 1. The van der Waals surface area contributed by atoms with Crippen molar-refractivity contribution in [2.75, 3.05) is 0 Å². The minimum absolute atomic E-state index is 0.376. The molecule has 0 saturated carbocycles. The highest BCUT2D eigenvalue weighted by molar-refractivity contribution is 5.89. The van der Waals surface area contributed by atoms with Crippen LogP contribution in [0, 0.1) is 5.82 Å². The van der Waals surface area contributed by atoms with E-state index in [9.17, 15) is 23.9 Å². The van der Waals surface area contributed by atoms with E-state index in [4.69, 9.17) is 4.74 Å². The molecule has 1 aromatic carbocycles. The average Bonchev–Trinajstić information content (AvgIpc) is 2.48. The van der Waals surface area contributed by atoms with Crippen LogP contribution in [0.3, 0.4) is 0 Å². The van der Waals surface area contributed by atoms with Crippen molar-refractivity contribution in [1.82, 2.24) is 4.57 Å². The number of aromatic nitrogens is 1. The number of carboxylic acids is 1. The Hall–Kier alpha value is -2.96. The molecule has 1 N–H and O–H groups in total. The third kappa shape index (κ3) is 4.76. The number of ether oxygens (including phenoxy) is 1. The third-order valence-corrected chi connectivity index (χ3v) is 3.21. The van der Waals surface area contributed by atoms with Gasteiger partial charge in [-0.25, -0.2) is 9.18 Å². The Kier molecular flexibility index (Phi) is 5.06. The molecule has 7 heteroatoms. The molecule has 132 valence electrons. The number of rotatable bonds is 4. The van der Waals surface area contributed by atoms with Crippen LogP contribution in [0.1, 0.15) is 31.1 Å². The Balaban J connectivity index is 2.48. The van der Waals surface area contributed by atoms with Crippen LogP contribution in [0.25, 0.3) is 11.1 Å². The molecular weight excluding hydrogens is 329 g/mol. The van der Waals surface area contributed by atoms with E-state index >= 15 is 0 Å². The first-order valence-electron chi connectivity index (χ1n) is 7.52. The Labute approximate surface area is 143 Å². The lowest BCUT2D eigenvalue weighted by atomic mass is 10.1. The van der Waals surface area contributed by atoms with Crippen LogP contribution in [0.4, 0.5) is 4.39 Å². The molecule has 0 amide bonds. The molecule has 2 rings (SSSR count). The van der Waals surface area contributed by atoms with E-state index < -0.39 is 41.0 Å². The molecule has 25 heavy (non-hydrogen) atoms. The quantitative estimate of drug-likeness (QED) is 0.860. The second kappa shape index (κ2) is 6.88. The lowest BCUT2D eigenvalue weighted by Gasteiger charge is -2.20. The van der Waals surface area contributed by atoms with Crippen LogP contribution < -0.4 is 5.56 Å². The largest absolute Gasteiger partial charge is 0.477 e. The normalized spacial score (nSPS) is 11.2. The highest BCUT2D eigenvalue weighted by Gasteiger charge is 2.19. The van der Waals surface area contributed by atoms with Crippen LogP contribution in [0.2, 0.25) is 0 Å². The van der Waals surface area contributed by atoms with E-state index in [-0.39, 0.29) is 0 Å². The van der Waals surface area contributed by atoms with E-state index in [1.807, 2.05) is 0 Å². The van der Waals surface area contributed by atoms with Gasteiger partial charge in [0, 0.05) is 6.20 Å². The highest BCUT2D eigenvalue weighted by atomic mass is 19.1. The molecule has 6 nitrogen and oxygen atoms in total. The van der Waals surface area contributed by atoms with Crippen molar-refractivity contribution in [3.63, 3.8) is 0 Å². The number of hydrogen-bond acceptors (Lipinski definition) is 4. The van der Waals surface area contributed by atoms with Crippen molar-refractivity contribution in [3.05, 3.63) is 58.3 Å². The number of carboxylic acid groups (broad SMARTS) is 1. The van der Waals surface area contributed by atoms with Crippen molar-refractivity contribution in [3.8, 4) is 11.1 Å². The predicted molar refractivity (Wildman–Crippen MR) is 88.9 cm³/mol. The van der Waals surface area contributed by atoms with Gasteiger partial charge in [0.05, 0.1) is 0 Å². The smallest absolute Gasteiger partial charge is 0.341 e. The number of carbonyl (C=O) groups is 2. The summed E-state index contributed by atoms with van der Waals surface area (Å²) in [6.45, 7) is 4.63. The molecule has 0 aliphatic rings. The van der Waals surface area contributed by atoms with Crippen molar-refractivity contribution >= 4 is 11.9 Å². The van der Waals surface area contributed by atoms with Gasteiger partial charge in [-0.15, -0.1) is 0 Å². The predicted octanol–water partition coefficient (Wildman–Crippen LogP) is 2.69. The van der Waals surface area contributed by atoms with Crippen LogP contribution >= 0.6 is 0 Å². The molecule has 0 fully saturated rings. The summed E-state index contributed by atoms with van der Waals surface area (Å²) in [4.78, 5) is 35.6. The van der Waals surface area contributed by atoms with Gasteiger partial charge in [-0.3, -0.25) is 9.59 Å². The van der Waals surface area contributed by atoms with E-state index in [0.717, 1.165) is 4.57 Å². The maximum absolute atomic E-state index is 13.1. The monoisotopic (exact) mass is 347 g/mol. The van der Waals surface area contributed by atoms with E-state index in [1.54, 1.807) is 20.8 Å². The van der Waals surface area contributed by atoms with Gasteiger partial charge in [0.2, 0.25) is 0 Å². The van der Waals surface area contributed by atoms with Crippen LogP contribution in [-0.2, 0) is 16.1 Å². The van der Waals surface area contributed by atoms with E-state index in [1.165, 1.54) is 36.5 Å². The lowest BCUT2D eigenvalue weighted by molar-refractivity contribution is -0.155. The molecule has 0 atom stereocenters. The average molecular weight is 347 g/mol. The SMILES string of the molecule is CC(C)(C)OC(=O)Cn1cc(-c2ccc(F)cc2)cc(C(=O)O)c1=O. The molecular formula is C18H18FNO5. The van der Waals surface area contributed by atoms with Gasteiger partial charge >= 0.3 is 11.9 Å². The standard InChI is InChI=1S/C18H18FNO5/c1-18(2,3)25-15(21)10-20-9-12(8-14(16(20)22)17(23)24)11-4-6-13(19)7-5-11/h4-9H,10H2,1-3H3,(H,23,24). The fraction of sp³-hybridized carbons (Fsp3) is 0.278. The molecule has 0 saturated heterocycles. The fourth-order valence-corrected chi connectivity index (χ4v) is 2.22. The van der Waals surface area contributed by atoms with Crippen LogP contribution in [0.15, 0.2) is 41.3 Å². The van der Waals surface area contributed by atoms with Gasteiger partial charge in [0.15, 0.2) is 0 Å². The third-order valence-electron chi connectivity index (χ3n) is 3.21. The fourth-order valence-electron chi connectivity index (χ4n) is 2.22. The van der Waals surface area contributed by atoms with Crippen molar-refractivity contribution in [2.24, 2.45) is 0 Å². The molecule has 2 aromatic rings. The highest BCUT2D eigenvalue weighted by Crippen LogP contribution is 2.20. The van der Waals surface area contributed by atoms with Gasteiger partial charge in [0.25, 0.3) is 5.56 Å². The van der Waals surface area contributed by atoms with Crippen molar-refractivity contribution < 1.29 is 23.8 Å². The topological polar surface area (TPSA) is 85.6 Å². The molecule has 0 spiro atoms. The summed E-state index contributed by atoms with van der Waals surface area (Å²) in [7, 11) is 0. The summed E-state index contributed by atoms with van der Waals surface area (Å²) in [6, 6.07) is 6.55. The number of carbonyl (C=O) groups excluding carboxylic acids is 1. The summed E-state index contributed by atoms with van der Waals surface area (Å²) in [5.74, 6) is -2.52. The molecule has 1 aromatic heterocycles. The van der Waals surface area contributed by atoms with E-state index in [2.05, 4.69) is 0 Å². The number of nitrogens with zero attached hydrogens (tertiary/aromatic N) is 1. The first-order chi connectivity index (χ1) is 11.6. The van der Waals surface area contributed by atoms with Gasteiger partial charge < -0.3 is 14.4 Å². The number of halogens is 1. The maximum Gasteiger partial charge on any atom is 0.341 e. The molecule has 1 heterocycles. The van der Waals surface area contributed by atoms with Gasteiger partial charge in [-0.1, -0.05) is 12.1 Å². The number of aromatic carboxylic acids is 1. The minimum Gasteiger partial charge on any atom is -0.477 e. The number of pyridine rings is 1. The summed E-state index contributed by atoms with van der Waals surface area (Å²) in [5, 5.41) is 9.24. The molecule has 0 radical (unpaired) electrons. The van der Waals surface area contributed by atoms with Crippen LogP contribution in [0.5, 0.6) is 0 Å². The second-order valence-corrected chi connectivity index (χ2v) is 6.47. The lowest BCUT2D eigenvalue weighted by Crippen LogP contribution is -2.32. The Bertz CT molecular complexity index is 863. The summed E-state index contributed by atoms with van der Waals surface area (Å²) < 4.78 is 19.2. The first-order valence-corrected chi connectivity index (χ1v) is 7.52. The summed E-state index contributed by atoms with van der Waals surface area (Å²) >= 11 is 0. The molecule has 0 bridgehead atoms. The zero-order valence-corrected chi connectivity index (χ0v) is 14.1. The Morgan fingerprint density at radius 2 is 1.76 bits per heavy atom. The number of hydrogen-bond donors (Lipinski definition) is 1. The molecule has 0 unspecified atom stereocenters. The van der Waals surface area contributed by atoms with Gasteiger partial charge in [-0.2, -0.15) is 0 Å². The zero-order valence-electron chi connectivity index (χ0n) is 14.1.